The van der Waals surface area contributed by atoms with Gasteiger partial charge in [0.1, 0.15) is 0 Å². The van der Waals surface area contributed by atoms with Gasteiger partial charge < -0.3 is 5.32 Å². The fourth-order valence-corrected chi connectivity index (χ4v) is 3.90. The Morgan fingerprint density at radius 3 is 2.67 bits per heavy atom. The third-order valence-electron chi connectivity index (χ3n) is 5.61. The Bertz CT molecular complexity index is 1030. The van der Waals surface area contributed by atoms with Crippen LogP contribution in [0.2, 0.25) is 0 Å². The number of hydrogen-bond acceptors (Lipinski definition) is 5. The third-order valence-corrected chi connectivity index (χ3v) is 5.61. The zero-order valence-corrected chi connectivity index (χ0v) is 16.7. The minimum Gasteiger partial charge on any atom is -0.353 e. The van der Waals surface area contributed by atoms with Crippen molar-refractivity contribution in [1.82, 2.24) is 20.0 Å². The molecule has 0 unspecified atom stereocenters. The van der Waals surface area contributed by atoms with Crippen LogP contribution in [0.3, 0.4) is 0 Å². The summed E-state index contributed by atoms with van der Waals surface area (Å²) in [4.78, 5) is 25.2. The predicted octanol–water partition coefficient (Wildman–Crippen LogP) is 3.12. The maximum absolute atomic E-state index is 12.3. The highest BCUT2D eigenvalue weighted by atomic mass is 16.6. The van der Waals surface area contributed by atoms with Gasteiger partial charge in [0.05, 0.1) is 23.3 Å². The van der Waals surface area contributed by atoms with Crippen molar-refractivity contribution in [1.29, 1.82) is 0 Å². The molecule has 0 atom stereocenters. The van der Waals surface area contributed by atoms with E-state index in [1.807, 2.05) is 30.3 Å². The minimum atomic E-state index is -0.386. The second-order valence-corrected chi connectivity index (χ2v) is 7.73. The Morgan fingerprint density at radius 2 is 1.93 bits per heavy atom. The molecule has 1 N–H and O–H groups in total. The van der Waals surface area contributed by atoms with E-state index < -0.39 is 0 Å². The number of fused-ring (bicyclic) bond motifs is 1. The van der Waals surface area contributed by atoms with Gasteiger partial charge in [-0.15, -0.1) is 0 Å². The number of aromatic nitrogens is 2. The number of amides is 1. The maximum Gasteiger partial charge on any atom is 0.271 e. The average molecular weight is 407 g/mol. The fraction of sp³-hybridized carbons (Fsp3) is 0.364. The van der Waals surface area contributed by atoms with Crippen molar-refractivity contribution in [2.75, 3.05) is 13.1 Å². The Labute approximate surface area is 174 Å². The molecular formula is C22H25N5O3. The van der Waals surface area contributed by atoms with E-state index in [0.717, 1.165) is 43.3 Å². The van der Waals surface area contributed by atoms with E-state index >= 15 is 0 Å². The number of piperidine rings is 1. The summed E-state index contributed by atoms with van der Waals surface area (Å²) < 4.78 is 1.81. The molecule has 0 saturated carbocycles. The molecule has 3 aromatic rings. The van der Waals surface area contributed by atoms with Crippen molar-refractivity contribution in [3.8, 4) is 0 Å². The molecule has 0 bridgehead atoms. The molecule has 1 aliphatic heterocycles. The molecular weight excluding hydrogens is 382 g/mol. The normalized spacial score (nSPS) is 15.3. The van der Waals surface area contributed by atoms with Crippen molar-refractivity contribution in [3.05, 3.63) is 70.4 Å². The van der Waals surface area contributed by atoms with E-state index in [0.29, 0.717) is 13.1 Å². The number of nitrogens with zero attached hydrogens (tertiary/aromatic N) is 4. The first-order valence-electron chi connectivity index (χ1n) is 10.2. The minimum absolute atomic E-state index is 0.0705. The van der Waals surface area contributed by atoms with Crippen molar-refractivity contribution in [2.45, 2.75) is 38.4 Å². The largest absolute Gasteiger partial charge is 0.353 e. The number of nitrogens with one attached hydrogen (secondary N) is 1. The highest BCUT2D eigenvalue weighted by molar-refractivity contribution is 5.81. The van der Waals surface area contributed by atoms with Crippen LogP contribution in [0.25, 0.3) is 10.9 Å². The number of rotatable bonds is 7. The van der Waals surface area contributed by atoms with Gasteiger partial charge in [0, 0.05) is 43.1 Å². The molecule has 0 aliphatic carbocycles. The van der Waals surface area contributed by atoms with Crippen LogP contribution < -0.4 is 5.32 Å². The molecule has 2 aromatic carbocycles. The second-order valence-electron chi connectivity index (χ2n) is 7.73. The van der Waals surface area contributed by atoms with E-state index in [2.05, 4.69) is 15.3 Å². The first-order valence-corrected chi connectivity index (χ1v) is 10.2. The van der Waals surface area contributed by atoms with Gasteiger partial charge in [0.15, 0.2) is 0 Å². The fourth-order valence-electron chi connectivity index (χ4n) is 3.90. The number of non-ortho nitro benzene ring substituents is 1. The summed E-state index contributed by atoms with van der Waals surface area (Å²) >= 11 is 0. The summed E-state index contributed by atoms with van der Waals surface area (Å²) in [6, 6.07) is 15.0. The van der Waals surface area contributed by atoms with Gasteiger partial charge in [-0.25, -0.2) is 0 Å². The molecule has 1 aliphatic rings. The molecule has 1 fully saturated rings. The number of nitro benzene ring substituents is 1. The topological polar surface area (TPSA) is 93.3 Å². The number of aryl methyl sites for hydroxylation is 1. The molecule has 1 aromatic heterocycles. The zero-order valence-electron chi connectivity index (χ0n) is 16.7. The maximum atomic E-state index is 12.3. The predicted molar refractivity (Wildman–Crippen MR) is 114 cm³/mol. The van der Waals surface area contributed by atoms with Gasteiger partial charge in [-0.3, -0.25) is 24.5 Å². The van der Waals surface area contributed by atoms with Gasteiger partial charge in [-0.2, -0.15) is 5.10 Å². The second kappa shape index (κ2) is 9.04. The van der Waals surface area contributed by atoms with Gasteiger partial charge in [0.2, 0.25) is 5.91 Å². The van der Waals surface area contributed by atoms with Gasteiger partial charge in [-0.1, -0.05) is 30.3 Å². The summed E-state index contributed by atoms with van der Waals surface area (Å²) in [5.41, 5.74) is 2.01. The quantitative estimate of drug-likeness (QED) is 0.480. The lowest BCUT2D eigenvalue weighted by Crippen LogP contribution is -2.45. The van der Waals surface area contributed by atoms with E-state index in [-0.39, 0.29) is 22.6 Å². The van der Waals surface area contributed by atoms with Crippen molar-refractivity contribution >= 4 is 22.5 Å². The highest BCUT2D eigenvalue weighted by Gasteiger charge is 2.21. The van der Waals surface area contributed by atoms with Crippen molar-refractivity contribution in [3.63, 3.8) is 0 Å². The average Bonchev–Trinajstić information content (AvgIpc) is 3.16. The Balaban J connectivity index is 1.27. The lowest BCUT2D eigenvalue weighted by molar-refractivity contribution is -0.384. The number of nitro groups is 1. The van der Waals surface area contributed by atoms with Gasteiger partial charge in [-0.05, 0) is 30.9 Å². The van der Waals surface area contributed by atoms with Gasteiger partial charge >= 0.3 is 0 Å². The first-order chi connectivity index (χ1) is 14.6. The molecule has 0 spiro atoms. The summed E-state index contributed by atoms with van der Waals surface area (Å²) in [5, 5.41) is 19.5. The van der Waals surface area contributed by atoms with Crippen LogP contribution in [0.1, 0.15) is 24.8 Å². The van der Waals surface area contributed by atoms with E-state index in [9.17, 15) is 14.9 Å². The molecule has 8 heteroatoms. The third kappa shape index (κ3) is 4.83. The Morgan fingerprint density at radius 1 is 1.17 bits per heavy atom. The number of benzene rings is 2. The van der Waals surface area contributed by atoms with E-state index in [1.165, 1.54) is 11.6 Å². The first kappa shape index (κ1) is 20.0. The standard InChI is InChI=1S/C22H25N5O3/c28-22(9-6-17-4-2-1-3-5-17)24-19-10-12-25(13-11-19)16-26-21-14-20(27(29)30)8-7-18(21)15-23-26/h1-5,7-8,14-15,19H,6,9-13,16H2,(H,24,28). The lowest BCUT2D eigenvalue weighted by Gasteiger charge is -2.32. The molecule has 1 saturated heterocycles. The summed E-state index contributed by atoms with van der Waals surface area (Å²) in [6.07, 6.45) is 4.76. The van der Waals surface area contributed by atoms with Crippen LogP contribution in [0.4, 0.5) is 5.69 Å². The molecule has 0 radical (unpaired) electrons. The van der Waals surface area contributed by atoms with Crippen LogP contribution in [0.5, 0.6) is 0 Å². The smallest absolute Gasteiger partial charge is 0.271 e. The monoisotopic (exact) mass is 407 g/mol. The van der Waals surface area contributed by atoms with Gasteiger partial charge in [0.25, 0.3) is 5.69 Å². The Hall–Kier alpha value is -3.26. The van der Waals surface area contributed by atoms with Crippen molar-refractivity contribution < 1.29 is 9.72 Å². The van der Waals surface area contributed by atoms with Crippen LogP contribution in [-0.2, 0) is 17.9 Å². The van der Waals surface area contributed by atoms with Crippen LogP contribution in [-0.4, -0.2) is 44.6 Å². The summed E-state index contributed by atoms with van der Waals surface area (Å²) in [6.45, 7) is 2.28. The molecule has 4 rings (SSSR count). The molecule has 8 nitrogen and oxygen atoms in total. The number of carbonyl (C=O) groups is 1. The summed E-state index contributed by atoms with van der Waals surface area (Å²) in [5.74, 6) is 0.0997. The van der Waals surface area contributed by atoms with E-state index in [1.54, 1.807) is 23.0 Å². The Kier molecular flexibility index (Phi) is 6.04. The van der Waals surface area contributed by atoms with Crippen LogP contribution >= 0.6 is 0 Å². The number of hydrogen-bond donors (Lipinski definition) is 1. The van der Waals surface area contributed by atoms with E-state index in [4.69, 9.17) is 0 Å². The number of likely N-dealkylation sites (tertiary alicyclic amines) is 1. The SMILES string of the molecule is O=C(CCc1ccccc1)NC1CCN(Cn2ncc3ccc([N+](=O)[O-])cc32)CC1. The molecule has 30 heavy (non-hydrogen) atoms. The zero-order chi connectivity index (χ0) is 20.9. The molecule has 1 amide bonds. The highest BCUT2D eigenvalue weighted by Crippen LogP contribution is 2.21. The van der Waals surface area contributed by atoms with Crippen LogP contribution in [0.15, 0.2) is 54.7 Å². The van der Waals surface area contributed by atoms with Crippen LogP contribution in [0, 0.1) is 10.1 Å². The molecule has 156 valence electrons. The number of carbonyl (C=O) groups excluding carboxylic acids is 1. The lowest BCUT2D eigenvalue weighted by atomic mass is 10.0. The molecule has 2 heterocycles. The summed E-state index contributed by atoms with van der Waals surface area (Å²) in [7, 11) is 0. The van der Waals surface area contributed by atoms with Crippen molar-refractivity contribution in [2.24, 2.45) is 0 Å².